The number of carbonyl (C=O) groups is 1. The molecule has 1 saturated carbocycles. The first-order chi connectivity index (χ1) is 9.15. The Morgan fingerprint density at radius 3 is 2.79 bits per heavy atom. The van der Waals surface area contributed by atoms with Crippen molar-refractivity contribution in [2.45, 2.75) is 18.4 Å². The number of amides is 1. The van der Waals surface area contributed by atoms with E-state index in [4.69, 9.17) is 11.6 Å². The molecule has 1 fully saturated rings. The van der Waals surface area contributed by atoms with E-state index in [0.29, 0.717) is 0 Å². The normalized spacial score (nSPS) is 16.1. The van der Waals surface area contributed by atoms with E-state index in [1.807, 2.05) is 12.1 Å². The van der Waals surface area contributed by atoms with Crippen LogP contribution >= 0.6 is 11.6 Å². The zero-order valence-electron chi connectivity index (χ0n) is 10.3. The van der Waals surface area contributed by atoms with Gasteiger partial charge in [-0.2, -0.15) is 5.21 Å². The van der Waals surface area contributed by atoms with E-state index in [9.17, 15) is 4.79 Å². The van der Waals surface area contributed by atoms with Crippen LogP contribution in [0.5, 0.6) is 0 Å². The van der Waals surface area contributed by atoms with Gasteiger partial charge in [0.15, 0.2) is 10.8 Å². The van der Waals surface area contributed by atoms with Crippen LogP contribution in [-0.2, 0) is 5.54 Å². The van der Waals surface area contributed by atoms with Crippen LogP contribution in [0.3, 0.4) is 0 Å². The molecular formula is C12H12ClN5O. The minimum Gasteiger partial charge on any atom is -0.330 e. The maximum Gasteiger partial charge on any atom is 0.278 e. The molecule has 0 saturated heterocycles. The maximum atomic E-state index is 12.4. The molecule has 0 aliphatic heterocycles. The average molecular weight is 278 g/mol. The molecular weight excluding hydrogens is 266 g/mol. The van der Waals surface area contributed by atoms with Gasteiger partial charge in [0.2, 0.25) is 0 Å². The topological polar surface area (TPSA) is 74.8 Å². The summed E-state index contributed by atoms with van der Waals surface area (Å²) in [7, 11) is 1.76. The number of carbonyl (C=O) groups excluding carboxylic acids is 1. The molecule has 1 N–H and O–H groups in total. The Kier molecular flexibility index (Phi) is 2.74. The van der Waals surface area contributed by atoms with Crippen molar-refractivity contribution in [2.24, 2.45) is 0 Å². The summed E-state index contributed by atoms with van der Waals surface area (Å²) in [4.78, 5) is 18.2. The number of pyridine rings is 1. The van der Waals surface area contributed by atoms with Gasteiger partial charge in [0.1, 0.15) is 0 Å². The first-order valence-corrected chi connectivity index (χ1v) is 6.28. The first kappa shape index (κ1) is 12.1. The quantitative estimate of drug-likeness (QED) is 0.925. The number of rotatable bonds is 3. The molecule has 1 amide bonds. The Bertz CT molecular complexity index is 608. The summed E-state index contributed by atoms with van der Waals surface area (Å²) < 4.78 is 0. The van der Waals surface area contributed by atoms with E-state index >= 15 is 0 Å². The second-order valence-electron chi connectivity index (χ2n) is 4.60. The SMILES string of the molecule is CN(C(=O)c1n[nH]nc1Cl)C1(c2cccnc2)CC1. The largest absolute Gasteiger partial charge is 0.330 e. The lowest BCUT2D eigenvalue weighted by molar-refractivity contribution is 0.0698. The zero-order valence-corrected chi connectivity index (χ0v) is 11.1. The maximum absolute atomic E-state index is 12.4. The monoisotopic (exact) mass is 277 g/mol. The molecule has 19 heavy (non-hydrogen) atoms. The smallest absolute Gasteiger partial charge is 0.278 e. The predicted molar refractivity (Wildman–Crippen MR) is 68.6 cm³/mol. The Hall–Kier alpha value is -1.95. The van der Waals surface area contributed by atoms with E-state index in [0.717, 1.165) is 18.4 Å². The number of nitrogens with zero attached hydrogens (tertiary/aromatic N) is 4. The summed E-state index contributed by atoms with van der Waals surface area (Å²) in [5.41, 5.74) is 0.901. The lowest BCUT2D eigenvalue weighted by atomic mass is 10.1. The van der Waals surface area contributed by atoms with Gasteiger partial charge in [-0.05, 0) is 24.5 Å². The van der Waals surface area contributed by atoms with Crippen molar-refractivity contribution < 1.29 is 4.79 Å². The van der Waals surface area contributed by atoms with Crippen LogP contribution < -0.4 is 0 Å². The number of H-pyrrole nitrogens is 1. The molecule has 3 rings (SSSR count). The van der Waals surface area contributed by atoms with Gasteiger partial charge >= 0.3 is 0 Å². The number of halogens is 1. The van der Waals surface area contributed by atoms with E-state index < -0.39 is 0 Å². The Balaban J connectivity index is 1.91. The highest BCUT2D eigenvalue weighted by Crippen LogP contribution is 2.50. The standard InChI is InChI=1S/C12H12ClN5O/c1-18(11(19)9-10(13)16-17-15-9)12(4-5-12)8-3-2-6-14-7-8/h2-3,6-7H,4-5H2,1H3,(H,15,16,17). The molecule has 7 heteroatoms. The van der Waals surface area contributed by atoms with Crippen molar-refractivity contribution in [1.29, 1.82) is 0 Å². The van der Waals surface area contributed by atoms with Crippen LogP contribution in [-0.4, -0.2) is 38.2 Å². The molecule has 2 heterocycles. The van der Waals surface area contributed by atoms with Crippen molar-refractivity contribution in [3.8, 4) is 0 Å². The van der Waals surface area contributed by atoms with Crippen LogP contribution in [0, 0.1) is 0 Å². The number of hydrogen-bond donors (Lipinski definition) is 1. The van der Waals surface area contributed by atoms with E-state index in [2.05, 4.69) is 20.4 Å². The molecule has 0 radical (unpaired) electrons. The van der Waals surface area contributed by atoms with Crippen molar-refractivity contribution in [3.05, 3.63) is 40.9 Å². The fraction of sp³-hybridized carbons (Fsp3) is 0.333. The van der Waals surface area contributed by atoms with Gasteiger partial charge in [0.05, 0.1) is 5.54 Å². The van der Waals surface area contributed by atoms with Gasteiger partial charge in [-0.15, -0.1) is 10.2 Å². The fourth-order valence-electron chi connectivity index (χ4n) is 2.28. The number of aromatic amines is 1. The fourth-order valence-corrected chi connectivity index (χ4v) is 2.44. The molecule has 2 aromatic heterocycles. The van der Waals surface area contributed by atoms with Crippen molar-refractivity contribution in [1.82, 2.24) is 25.3 Å². The van der Waals surface area contributed by atoms with Gasteiger partial charge in [-0.25, -0.2) is 0 Å². The molecule has 2 aromatic rings. The molecule has 1 aliphatic carbocycles. The van der Waals surface area contributed by atoms with E-state index in [1.165, 1.54) is 0 Å². The molecule has 0 bridgehead atoms. The highest BCUT2D eigenvalue weighted by atomic mass is 35.5. The van der Waals surface area contributed by atoms with Crippen LogP contribution in [0.2, 0.25) is 5.15 Å². The van der Waals surface area contributed by atoms with Gasteiger partial charge in [0, 0.05) is 19.4 Å². The third-order valence-corrected chi connectivity index (χ3v) is 3.84. The summed E-state index contributed by atoms with van der Waals surface area (Å²) in [5.74, 6) is -0.236. The summed E-state index contributed by atoms with van der Waals surface area (Å²) in [5, 5.41) is 9.91. The highest BCUT2D eigenvalue weighted by molar-refractivity contribution is 6.32. The number of hydrogen-bond acceptors (Lipinski definition) is 4. The average Bonchev–Trinajstić information content (AvgIpc) is 3.15. The first-order valence-electron chi connectivity index (χ1n) is 5.90. The lowest BCUT2D eigenvalue weighted by Gasteiger charge is -2.27. The minimum absolute atomic E-state index is 0.0961. The number of aromatic nitrogens is 4. The number of nitrogens with one attached hydrogen (secondary N) is 1. The summed E-state index contributed by atoms with van der Waals surface area (Å²) in [6, 6.07) is 3.85. The molecule has 0 spiro atoms. The second kappa shape index (κ2) is 4.31. The van der Waals surface area contributed by atoms with Crippen molar-refractivity contribution in [2.75, 3.05) is 7.05 Å². The zero-order chi connectivity index (χ0) is 13.5. The molecule has 98 valence electrons. The lowest BCUT2D eigenvalue weighted by Crippen LogP contribution is -2.37. The Morgan fingerprint density at radius 2 is 2.26 bits per heavy atom. The van der Waals surface area contributed by atoms with Crippen LogP contribution in [0.25, 0.3) is 0 Å². The molecule has 0 unspecified atom stereocenters. The van der Waals surface area contributed by atoms with Crippen LogP contribution in [0.15, 0.2) is 24.5 Å². The van der Waals surface area contributed by atoms with Gasteiger partial charge in [0.25, 0.3) is 5.91 Å². The molecule has 0 atom stereocenters. The highest BCUT2D eigenvalue weighted by Gasteiger charge is 2.50. The van der Waals surface area contributed by atoms with Crippen LogP contribution in [0.4, 0.5) is 0 Å². The van der Waals surface area contributed by atoms with Gasteiger partial charge in [-0.3, -0.25) is 9.78 Å². The van der Waals surface area contributed by atoms with Crippen LogP contribution in [0.1, 0.15) is 28.9 Å². The van der Waals surface area contributed by atoms with E-state index in [1.54, 1.807) is 24.3 Å². The summed E-state index contributed by atoms with van der Waals surface area (Å²) in [6.07, 6.45) is 5.34. The van der Waals surface area contributed by atoms with Gasteiger partial charge < -0.3 is 4.90 Å². The summed E-state index contributed by atoms with van der Waals surface area (Å²) in [6.45, 7) is 0. The summed E-state index contributed by atoms with van der Waals surface area (Å²) >= 11 is 5.83. The van der Waals surface area contributed by atoms with Crippen molar-refractivity contribution in [3.63, 3.8) is 0 Å². The Morgan fingerprint density at radius 1 is 1.47 bits per heavy atom. The predicted octanol–water partition coefficient (Wildman–Crippen LogP) is 1.61. The molecule has 1 aliphatic rings. The molecule has 6 nitrogen and oxygen atoms in total. The van der Waals surface area contributed by atoms with Gasteiger partial charge in [-0.1, -0.05) is 17.7 Å². The minimum atomic E-state index is -0.284. The molecule has 0 aromatic carbocycles. The Labute approximate surface area is 114 Å². The third kappa shape index (κ3) is 1.88. The van der Waals surface area contributed by atoms with E-state index in [-0.39, 0.29) is 22.3 Å². The third-order valence-electron chi connectivity index (χ3n) is 3.58. The second-order valence-corrected chi connectivity index (χ2v) is 4.96. The van der Waals surface area contributed by atoms with Crippen molar-refractivity contribution >= 4 is 17.5 Å².